The smallest absolute Gasteiger partial charge is 0.295 e. The summed E-state index contributed by atoms with van der Waals surface area (Å²) in [5, 5.41) is 11.1. The van der Waals surface area contributed by atoms with Crippen molar-refractivity contribution in [2.24, 2.45) is 0 Å². The monoisotopic (exact) mass is 484 g/mol. The highest BCUT2D eigenvalue weighted by molar-refractivity contribution is 9.10. The molecular formula is C24H25BrN2O4. The molecule has 6 nitrogen and oxygen atoms in total. The third kappa shape index (κ3) is 5.06. The van der Waals surface area contributed by atoms with Gasteiger partial charge < -0.3 is 19.6 Å². The number of halogens is 1. The van der Waals surface area contributed by atoms with Gasteiger partial charge in [0, 0.05) is 23.1 Å². The van der Waals surface area contributed by atoms with E-state index < -0.39 is 17.7 Å². The van der Waals surface area contributed by atoms with Gasteiger partial charge in [-0.1, -0.05) is 40.7 Å². The van der Waals surface area contributed by atoms with Crippen LogP contribution in [0.2, 0.25) is 0 Å². The molecule has 31 heavy (non-hydrogen) atoms. The first-order valence-corrected chi connectivity index (χ1v) is 10.7. The third-order valence-corrected chi connectivity index (χ3v) is 5.54. The van der Waals surface area contributed by atoms with Crippen molar-refractivity contribution in [3.8, 4) is 5.75 Å². The van der Waals surface area contributed by atoms with Crippen LogP contribution >= 0.6 is 15.9 Å². The molecule has 1 heterocycles. The van der Waals surface area contributed by atoms with E-state index in [0.717, 1.165) is 10.0 Å². The lowest BCUT2D eigenvalue weighted by atomic mass is 9.95. The second-order valence-electron chi connectivity index (χ2n) is 7.47. The van der Waals surface area contributed by atoms with Gasteiger partial charge in [-0.2, -0.15) is 0 Å². The fourth-order valence-corrected chi connectivity index (χ4v) is 3.69. The van der Waals surface area contributed by atoms with Crippen molar-refractivity contribution in [2.75, 3.05) is 33.8 Å². The Morgan fingerprint density at radius 3 is 2.39 bits per heavy atom. The summed E-state index contributed by atoms with van der Waals surface area (Å²) in [7, 11) is 3.81. The molecule has 1 saturated heterocycles. The number of Topliss-reactive ketones (excluding diaryl/α,β-unsaturated/α-hetero) is 1. The van der Waals surface area contributed by atoms with Crippen molar-refractivity contribution in [1.29, 1.82) is 0 Å². The highest BCUT2D eigenvalue weighted by atomic mass is 79.9. The van der Waals surface area contributed by atoms with Gasteiger partial charge >= 0.3 is 0 Å². The summed E-state index contributed by atoms with van der Waals surface area (Å²) in [5.74, 6) is -0.875. The summed E-state index contributed by atoms with van der Waals surface area (Å²) in [5.41, 5.74) is 1.29. The average molecular weight is 485 g/mol. The van der Waals surface area contributed by atoms with E-state index >= 15 is 0 Å². The molecule has 162 valence electrons. The van der Waals surface area contributed by atoms with E-state index in [1.807, 2.05) is 43.3 Å². The van der Waals surface area contributed by atoms with E-state index in [9.17, 15) is 14.7 Å². The van der Waals surface area contributed by atoms with Crippen molar-refractivity contribution in [3.05, 3.63) is 82.4 Å². The van der Waals surface area contributed by atoms with Gasteiger partial charge in [-0.3, -0.25) is 9.59 Å². The van der Waals surface area contributed by atoms with Gasteiger partial charge in [-0.05, 0) is 56.1 Å². The van der Waals surface area contributed by atoms with Crippen LogP contribution in [-0.2, 0) is 9.59 Å². The molecule has 1 atom stereocenters. The lowest BCUT2D eigenvalue weighted by molar-refractivity contribution is -0.140. The number of aliphatic hydroxyl groups excluding tert-OH is 1. The van der Waals surface area contributed by atoms with Crippen LogP contribution < -0.4 is 4.74 Å². The second-order valence-corrected chi connectivity index (χ2v) is 8.39. The molecule has 0 aromatic heterocycles. The van der Waals surface area contributed by atoms with Crippen molar-refractivity contribution in [1.82, 2.24) is 9.80 Å². The quantitative estimate of drug-likeness (QED) is 0.265. The van der Waals surface area contributed by atoms with E-state index in [2.05, 4.69) is 22.5 Å². The number of aliphatic hydroxyl groups is 1. The van der Waals surface area contributed by atoms with Gasteiger partial charge in [0.25, 0.3) is 11.7 Å². The predicted octanol–water partition coefficient (Wildman–Crippen LogP) is 4.00. The zero-order valence-corrected chi connectivity index (χ0v) is 19.1. The maximum absolute atomic E-state index is 13.0. The molecular weight excluding hydrogens is 460 g/mol. The normalized spacial score (nSPS) is 17.9. The number of ketones is 1. The zero-order chi connectivity index (χ0) is 22.5. The van der Waals surface area contributed by atoms with Gasteiger partial charge in [-0.25, -0.2) is 0 Å². The molecule has 0 aliphatic carbocycles. The maximum atomic E-state index is 13.0. The number of hydrogen-bond donors (Lipinski definition) is 1. The van der Waals surface area contributed by atoms with Crippen LogP contribution in [0.25, 0.3) is 5.76 Å². The maximum Gasteiger partial charge on any atom is 0.295 e. The third-order valence-electron chi connectivity index (χ3n) is 5.01. The molecule has 1 amide bonds. The Bertz CT molecular complexity index is 997. The Balaban J connectivity index is 2.05. The van der Waals surface area contributed by atoms with Crippen LogP contribution in [-0.4, -0.2) is 60.4 Å². The number of ether oxygens (including phenoxy) is 1. The minimum absolute atomic E-state index is 0.0887. The van der Waals surface area contributed by atoms with Crippen LogP contribution in [0.1, 0.15) is 17.2 Å². The average Bonchev–Trinajstić information content (AvgIpc) is 3.01. The SMILES string of the molecule is C=CCOc1ccc(C(O)=C2C(=O)C(=O)N(CCN(C)C)[C@H]2c2ccc(Br)cc2)cc1. The summed E-state index contributed by atoms with van der Waals surface area (Å²) >= 11 is 3.41. The first-order valence-electron chi connectivity index (χ1n) is 9.86. The Labute approximate surface area is 190 Å². The fraction of sp³-hybridized carbons (Fsp3) is 0.250. The molecule has 7 heteroatoms. The Morgan fingerprint density at radius 2 is 1.81 bits per heavy atom. The van der Waals surface area contributed by atoms with E-state index in [0.29, 0.717) is 31.0 Å². The highest BCUT2D eigenvalue weighted by Crippen LogP contribution is 2.39. The summed E-state index contributed by atoms with van der Waals surface area (Å²) in [4.78, 5) is 29.3. The largest absolute Gasteiger partial charge is 0.507 e. The second kappa shape index (κ2) is 9.94. The lowest BCUT2D eigenvalue weighted by Crippen LogP contribution is -2.35. The van der Waals surface area contributed by atoms with Crippen molar-refractivity contribution in [2.45, 2.75) is 6.04 Å². The van der Waals surface area contributed by atoms with Crippen LogP contribution in [0.5, 0.6) is 5.75 Å². The number of nitrogens with zero attached hydrogens (tertiary/aromatic N) is 2. The van der Waals surface area contributed by atoms with Crippen molar-refractivity contribution >= 4 is 33.4 Å². The number of carbonyl (C=O) groups excluding carboxylic acids is 2. The number of likely N-dealkylation sites (tertiary alicyclic amines) is 1. The molecule has 0 spiro atoms. The van der Waals surface area contributed by atoms with Gasteiger partial charge in [0.05, 0.1) is 11.6 Å². The molecule has 0 unspecified atom stereocenters. The van der Waals surface area contributed by atoms with Gasteiger partial charge in [0.1, 0.15) is 18.1 Å². The van der Waals surface area contributed by atoms with Gasteiger partial charge in [0.15, 0.2) is 0 Å². The first-order chi connectivity index (χ1) is 14.8. The summed E-state index contributed by atoms with van der Waals surface area (Å²) in [6.45, 7) is 4.94. The molecule has 3 rings (SSSR count). The van der Waals surface area contributed by atoms with Gasteiger partial charge in [0.2, 0.25) is 0 Å². The Kier molecular flexibility index (Phi) is 7.30. The molecule has 1 aliphatic rings. The van der Waals surface area contributed by atoms with Crippen LogP contribution in [0.4, 0.5) is 0 Å². The first kappa shape index (κ1) is 22.8. The number of carbonyl (C=O) groups is 2. The fourth-order valence-electron chi connectivity index (χ4n) is 3.43. The molecule has 2 aromatic carbocycles. The number of amides is 1. The minimum Gasteiger partial charge on any atom is -0.507 e. The molecule has 0 saturated carbocycles. The zero-order valence-electron chi connectivity index (χ0n) is 17.5. The van der Waals surface area contributed by atoms with Crippen LogP contribution in [0.3, 0.4) is 0 Å². The van der Waals surface area contributed by atoms with Crippen LogP contribution in [0.15, 0.2) is 71.2 Å². The van der Waals surface area contributed by atoms with Gasteiger partial charge in [-0.15, -0.1) is 0 Å². The molecule has 0 radical (unpaired) electrons. The Hall–Kier alpha value is -2.90. The molecule has 2 aromatic rings. The minimum atomic E-state index is -0.684. The van der Waals surface area contributed by atoms with Crippen molar-refractivity contribution < 1.29 is 19.4 Å². The number of hydrogen-bond acceptors (Lipinski definition) is 5. The topological polar surface area (TPSA) is 70.1 Å². The van der Waals surface area contributed by atoms with E-state index in [1.54, 1.807) is 30.3 Å². The van der Waals surface area contributed by atoms with E-state index in [1.165, 1.54) is 4.90 Å². The predicted molar refractivity (Wildman–Crippen MR) is 124 cm³/mol. The summed E-state index contributed by atoms with van der Waals surface area (Å²) < 4.78 is 6.36. The van der Waals surface area contributed by atoms with Crippen LogP contribution in [0, 0.1) is 0 Å². The highest BCUT2D eigenvalue weighted by Gasteiger charge is 2.45. The van der Waals surface area contributed by atoms with E-state index in [4.69, 9.17) is 4.74 Å². The van der Waals surface area contributed by atoms with Crippen molar-refractivity contribution in [3.63, 3.8) is 0 Å². The Morgan fingerprint density at radius 1 is 1.16 bits per heavy atom. The molecule has 0 bridgehead atoms. The number of rotatable bonds is 8. The summed E-state index contributed by atoms with van der Waals surface area (Å²) in [6.07, 6.45) is 1.64. The lowest BCUT2D eigenvalue weighted by Gasteiger charge is -2.26. The standard InChI is InChI=1S/C24H25BrN2O4/c1-4-15-31-19-11-7-17(8-12-19)22(28)20-21(16-5-9-18(25)10-6-16)27(14-13-26(2)3)24(30)23(20)29/h4-12,21,28H,1,13-15H2,2-3H3/t21-/m0/s1. The summed E-state index contributed by atoms with van der Waals surface area (Å²) in [6, 6.07) is 13.5. The molecule has 1 fully saturated rings. The number of benzene rings is 2. The number of likely N-dealkylation sites (N-methyl/N-ethyl adjacent to an activating group) is 1. The van der Waals surface area contributed by atoms with E-state index in [-0.39, 0.29) is 11.3 Å². The molecule has 1 aliphatic heterocycles. The molecule has 1 N–H and O–H groups in total.